The van der Waals surface area contributed by atoms with Gasteiger partial charge in [0.1, 0.15) is 5.69 Å². The minimum Gasteiger partial charge on any atom is -0.371 e. The van der Waals surface area contributed by atoms with Crippen molar-refractivity contribution in [2.24, 2.45) is 0 Å². The number of nitrogens with one attached hydrogen (secondary N) is 2. The number of H-pyrrole nitrogens is 2. The fourth-order valence-corrected chi connectivity index (χ4v) is 4.68. The summed E-state index contributed by atoms with van der Waals surface area (Å²) in [6, 6.07) is 10.8. The Hall–Kier alpha value is -3.60. The second-order valence-electron chi connectivity index (χ2n) is 8.64. The number of aryl methyl sites for hydroxylation is 2. The van der Waals surface area contributed by atoms with Crippen molar-refractivity contribution in [3.63, 3.8) is 0 Å². The van der Waals surface area contributed by atoms with Crippen molar-refractivity contribution in [1.29, 1.82) is 0 Å². The summed E-state index contributed by atoms with van der Waals surface area (Å²) in [5, 5.41) is 8.96. The summed E-state index contributed by atoms with van der Waals surface area (Å²) >= 11 is 0. The molecule has 4 heterocycles. The third-order valence-electron chi connectivity index (χ3n) is 6.29. The molecule has 0 bridgehead atoms. The van der Waals surface area contributed by atoms with Gasteiger partial charge in [0.15, 0.2) is 0 Å². The number of benzene rings is 1. The first-order valence-electron chi connectivity index (χ1n) is 11.3. The van der Waals surface area contributed by atoms with Crippen LogP contribution in [0.15, 0.2) is 61.5 Å². The van der Waals surface area contributed by atoms with E-state index in [1.165, 1.54) is 30.5 Å². The van der Waals surface area contributed by atoms with Gasteiger partial charge in [0.05, 0.1) is 11.2 Å². The fourth-order valence-electron chi connectivity index (χ4n) is 4.68. The first-order chi connectivity index (χ1) is 15.6. The smallest absolute Gasteiger partial charge is 0.116 e. The second-order valence-corrected chi connectivity index (χ2v) is 8.64. The minimum atomic E-state index is 0.938. The molecule has 1 fully saturated rings. The molecule has 0 amide bonds. The van der Waals surface area contributed by atoms with E-state index < -0.39 is 0 Å². The lowest BCUT2D eigenvalue weighted by molar-refractivity contribution is 0.326. The SMILES string of the molecule is C=C/C=C(\c1cc(-c2n[nH]c3ccc(-c4cncc(C)c4)cc23)[nH]c1C)N1CCCCC1. The van der Waals surface area contributed by atoms with Crippen LogP contribution in [0.3, 0.4) is 0 Å². The van der Waals surface area contributed by atoms with Crippen molar-refractivity contribution in [2.75, 3.05) is 13.1 Å². The molecule has 1 aliphatic rings. The third-order valence-corrected chi connectivity index (χ3v) is 6.29. The van der Waals surface area contributed by atoms with E-state index in [9.17, 15) is 0 Å². The summed E-state index contributed by atoms with van der Waals surface area (Å²) < 4.78 is 0. The van der Waals surface area contributed by atoms with Crippen LogP contribution in [-0.4, -0.2) is 38.2 Å². The van der Waals surface area contributed by atoms with E-state index in [1.807, 2.05) is 18.5 Å². The van der Waals surface area contributed by atoms with Gasteiger partial charge in [-0.05, 0) is 74.6 Å². The number of pyridine rings is 1. The summed E-state index contributed by atoms with van der Waals surface area (Å²) in [7, 11) is 0. The molecule has 5 heteroatoms. The fraction of sp³-hybridized carbons (Fsp3) is 0.259. The van der Waals surface area contributed by atoms with Crippen molar-refractivity contribution >= 4 is 16.6 Å². The number of rotatable bonds is 5. The van der Waals surface area contributed by atoms with Crippen LogP contribution >= 0.6 is 0 Å². The number of hydrogen-bond donors (Lipinski definition) is 2. The predicted molar refractivity (Wildman–Crippen MR) is 132 cm³/mol. The van der Waals surface area contributed by atoms with Crippen LogP contribution in [0, 0.1) is 13.8 Å². The van der Waals surface area contributed by atoms with E-state index in [4.69, 9.17) is 0 Å². The van der Waals surface area contributed by atoms with Gasteiger partial charge < -0.3 is 9.88 Å². The summed E-state index contributed by atoms with van der Waals surface area (Å²) in [6.45, 7) is 10.4. The molecule has 32 heavy (non-hydrogen) atoms. The lowest BCUT2D eigenvalue weighted by atomic mass is 10.0. The maximum absolute atomic E-state index is 4.67. The maximum Gasteiger partial charge on any atom is 0.116 e. The van der Waals surface area contributed by atoms with Crippen molar-refractivity contribution in [2.45, 2.75) is 33.1 Å². The standard InChI is InChI=1S/C27H29N5/c1-4-8-26(32-11-6-5-7-12-32)22-15-25(29-19(22)3)27-23-14-20(9-10-24(23)30-31-27)21-13-18(2)16-28-17-21/h4,8-10,13-17,29H,1,5-7,11-12H2,2-3H3,(H,30,31)/b26-8+. The van der Waals surface area contributed by atoms with Crippen molar-refractivity contribution < 1.29 is 0 Å². The van der Waals surface area contributed by atoms with Crippen molar-refractivity contribution in [3.8, 4) is 22.5 Å². The zero-order valence-corrected chi connectivity index (χ0v) is 18.8. The first kappa shape index (κ1) is 20.3. The zero-order chi connectivity index (χ0) is 22.1. The number of likely N-dealkylation sites (tertiary alicyclic amines) is 1. The number of allylic oxidation sites excluding steroid dienone is 2. The number of aromatic nitrogens is 4. The van der Waals surface area contributed by atoms with E-state index in [0.29, 0.717) is 0 Å². The minimum absolute atomic E-state index is 0.938. The molecule has 1 aliphatic heterocycles. The van der Waals surface area contributed by atoms with Crippen molar-refractivity contribution in [1.82, 2.24) is 25.1 Å². The van der Waals surface area contributed by atoms with Gasteiger partial charge >= 0.3 is 0 Å². The quantitative estimate of drug-likeness (QED) is 0.373. The molecule has 0 atom stereocenters. The number of piperidine rings is 1. The molecule has 0 aliphatic carbocycles. The summed E-state index contributed by atoms with van der Waals surface area (Å²) in [5.41, 5.74) is 10.00. The molecule has 3 aromatic heterocycles. The Labute approximate surface area is 188 Å². The normalized spacial score (nSPS) is 14.8. The van der Waals surface area contributed by atoms with Gasteiger partial charge in [-0.2, -0.15) is 5.10 Å². The van der Waals surface area contributed by atoms with Gasteiger partial charge in [-0.3, -0.25) is 10.1 Å². The lowest BCUT2D eigenvalue weighted by Crippen LogP contribution is -2.28. The van der Waals surface area contributed by atoms with Crippen LogP contribution in [0.1, 0.15) is 36.1 Å². The first-order valence-corrected chi connectivity index (χ1v) is 11.3. The highest BCUT2D eigenvalue weighted by Gasteiger charge is 2.20. The molecular formula is C27H29N5. The Balaban J connectivity index is 1.56. The predicted octanol–water partition coefficient (Wildman–Crippen LogP) is 6.25. The Kier molecular flexibility index (Phi) is 5.39. The molecule has 0 spiro atoms. The molecule has 0 radical (unpaired) electrons. The van der Waals surface area contributed by atoms with Crippen molar-refractivity contribution in [3.05, 3.63) is 78.3 Å². The van der Waals surface area contributed by atoms with E-state index in [1.54, 1.807) is 0 Å². The lowest BCUT2D eigenvalue weighted by Gasteiger charge is -2.31. The van der Waals surface area contributed by atoms with E-state index >= 15 is 0 Å². The average molecular weight is 424 g/mol. The highest BCUT2D eigenvalue weighted by Crippen LogP contribution is 2.34. The Morgan fingerprint density at radius 3 is 2.66 bits per heavy atom. The Morgan fingerprint density at radius 2 is 1.88 bits per heavy atom. The molecule has 4 aromatic rings. The molecule has 2 N–H and O–H groups in total. The van der Waals surface area contributed by atoms with Crippen LogP contribution < -0.4 is 0 Å². The molecule has 162 valence electrons. The van der Waals surface area contributed by atoms with Gasteiger partial charge in [-0.15, -0.1) is 0 Å². The van der Waals surface area contributed by atoms with E-state index in [-0.39, 0.29) is 0 Å². The molecule has 1 saturated heterocycles. The number of hydrogen-bond acceptors (Lipinski definition) is 3. The highest BCUT2D eigenvalue weighted by molar-refractivity contribution is 5.95. The van der Waals surface area contributed by atoms with Gasteiger partial charge in [-0.25, -0.2) is 0 Å². The number of fused-ring (bicyclic) bond motifs is 1. The van der Waals surface area contributed by atoms with E-state index in [2.05, 4.69) is 81.9 Å². The summed E-state index contributed by atoms with van der Waals surface area (Å²) in [4.78, 5) is 10.4. The Morgan fingerprint density at radius 1 is 1.03 bits per heavy atom. The summed E-state index contributed by atoms with van der Waals surface area (Å²) in [5.74, 6) is 0. The van der Waals surface area contributed by atoms with Crippen LogP contribution in [-0.2, 0) is 0 Å². The number of nitrogens with zero attached hydrogens (tertiary/aromatic N) is 3. The van der Waals surface area contributed by atoms with Gasteiger partial charge in [0.25, 0.3) is 0 Å². The zero-order valence-electron chi connectivity index (χ0n) is 18.8. The van der Waals surface area contributed by atoms with Crippen LogP contribution in [0.4, 0.5) is 0 Å². The molecule has 0 saturated carbocycles. The van der Waals surface area contributed by atoms with Crippen LogP contribution in [0.25, 0.3) is 39.1 Å². The molecular weight excluding hydrogens is 394 g/mol. The molecule has 5 rings (SSSR count). The summed E-state index contributed by atoms with van der Waals surface area (Å²) in [6.07, 6.45) is 11.6. The molecule has 5 nitrogen and oxygen atoms in total. The maximum atomic E-state index is 4.67. The van der Waals surface area contributed by atoms with Crippen LogP contribution in [0.2, 0.25) is 0 Å². The third kappa shape index (κ3) is 3.75. The second kappa shape index (κ2) is 8.50. The van der Waals surface area contributed by atoms with Gasteiger partial charge in [0.2, 0.25) is 0 Å². The largest absolute Gasteiger partial charge is 0.371 e. The highest BCUT2D eigenvalue weighted by atomic mass is 15.1. The Bertz CT molecular complexity index is 1300. The molecule has 1 aromatic carbocycles. The van der Waals surface area contributed by atoms with E-state index in [0.717, 1.165) is 57.8 Å². The number of aromatic amines is 2. The topological polar surface area (TPSA) is 60.6 Å². The molecule has 0 unspecified atom stereocenters. The van der Waals surface area contributed by atoms with Crippen LogP contribution in [0.5, 0.6) is 0 Å². The van der Waals surface area contributed by atoms with Gasteiger partial charge in [0, 0.05) is 53.4 Å². The average Bonchev–Trinajstić information content (AvgIpc) is 3.41. The van der Waals surface area contributed by atoms with Gasteiger partial charge in [-0.1, -0.05) is 18.7 Å². The monoisotopic (exact) mass is 423 g/mol.